The van der Waals surface area contributed by atoms with Gasteiger partial charge in [0.25, 0.3) is 0 Å². The summed E-state index contributed by atoms with van der Waals surface area (Å²) < 4.78 is 0. The van der Waals surface area contributed by atoms with Crippen molar-refractivity contribution in [3.8, 4) is 0 Å². The zero-order valence-corrected chi connectivity index (χ0v) is 9.55. The molecule has 15 heavy (non-hydrogen) atoms. The topological polar surface area (TPSA) is 69.6 Å². The molecule has 0 aromatic heterocycles. The standard InChI is InChI=1S/C9H16N2O3S/c1-11(4-2-8(12)13)9(14)7-6-15-5-3-10-7/h7,10H,2-6H2,1H3,(H,12,13). The number of carbonyl (C=O) groups is 2. The van der Waals surface area contributed by atoms with Gasteiger partial charge in [0.15, 0.2) is 0 Å². The van der Waals surface area contributed by atoms with Gasteiger partial charge in [0, 0.05) is 31.6 Å². The van der Waals surface area contributed by atoms with E-state index in [1.54, 1.807) is 18.8 Å². The van der Waals surface area contributed by atoms with Crippen LogP contribution in [0.5, 0.6) is 0 Å². The number of rotatable bonds is 4. The predicted octanol–water partition coefficient (Wildman–Crippen LogP) is -0.375. The Morgan fingerprint density at radius 3 is 2.87 bits per heavy atom. The highest BCUT2D eigenvalue weighted by molar-refractivity contribution is 7.99. The van der Waals surface area contributed by atoms with Crippen LogP contribution in [-0.4, -0.2) is 59.6 Å². The van der Waals surface area contributed by atoms with E-state index in [4.69, 9.17) is 5.11 Å². The lowest BCUT2D eigenvalue weighted by Crippen LogP contribution is -2.49. The van der Waals surface area contributed by atoms with E-state index in [-0.39, 0.29) is 24.9 Å². The van der Waals surface area contributed by atoms with E-state index in [0.29, 0.717) is 0 Å². The van der Waals surface area contributed by atoms with Gasteiger partial charge in [-0.25, -0.2) is 0 Å². The number of carboxylic acid groups (broad SMARTS) is 1. The Balaban J connectivity index is 2.33. The van der Waals surface area contributed by atoms with Gasteiger partial charge >= 0.3 is 5.97 Å². The number of nitrogens with one attached hydrogen (secondary N) is 1. The number of hydrogen-bond donors (Lipinski definition) is 2. The predicted molar refractivity (Wildman–Crippen MR) is 59.0 cm³/mol. The fraction of sp³-hybridized carbons (Fsp3) is 0.778. The number of amides is 1. The summed E-state index contributed by atoms with van der Waals surface area (Å²) >= 11 is 1.75. The Morgan fingerprint density at radius 1 is 1.60 bits per heavy atom. The molecule has 1 unspecified atom stereocenters. The molecule has 0 radical (unpaired) electrons. The third-order valence-electron chi connectivity index (χ3n) is 2.26. The lowest BCUT2D eigenvalue weighted by molar-refractivity contribution is -0.138. The number of likely N-dealkylation sites (N-methyl/N-ethyl adjacent to an activating group) is 1. The molecule has 1 saturated heterocycles. The fourth-order valence-corrected chi connectivity index (χ4v) is 2.29. The third-order valence-corrected chi connectivity index (χ3v) is 3.32. The fourth-order valence-electron chi connectivity index (χ4n) is 1.36. The van der Waals surface area contributed by atoms with Crippen molar-refractivity contribution in [2.45, 2.75) is 12.5 Å². The number of carboxylic acids is 1. The first-order chi connectivity index (χ1) is 7.11. The lowest BCUT2D eigenvalue weighted by atomic mass is 10.2. The molecule has 86 valence electrons. The average molecular weight is 232 g/mol. The minimum atomic E-state index is -0.874. The summed E-state index contributed by atoms with van der Waals surface area (Å²) in [4.78, 5) is 23.6. The van der Waals surface area contributed by atoms with Crippen molar-refractivity contribution >= 4 is 23.6 Å². The molecule has 1 fully saturated rings. The zero-order chi connectivity index (χ0) is 11.3. The minimum Gasteiger partial charge on any atom is -0.481 e. The highest BCUT2D eigenvalue weighted by atomic mass is 32.2. The van der Waals surface area contributed by atoms with E-state index in [1.807, 2.05) is 0 Å². The highest BCUT2D eigenvalue weighted by Gasteiger charge is 2.23. The Kier molecular flexibility index (Phi) is 4.90. The van der Waals surface area contributed by atoms with Gasteiger partial charge in [-0.2, -0.15) is 11.8 Å². The molecule has 0 aromatic rings. The molecular weight excluding hydrogens is 216 g/mol. The second kappa shape index (κ2) is 5.97. The summed E-state index contributed by atoms with van der Waals surface area (Å²) in [6.45, 7) is 1.12. The average Bonchev–Trinajstić information content (AvgIpc) is 2.26. The van der Waals surface area contributed by atoms with Gasteiger partial charge in [0.2, 0.25) is 5.91 Å². The normalized spacial score (nSPS) is 21.0. The maximum absolute atomic E-state index is 11.8. The number of nitrogens with zero attached hydrogens (tertiary/aromatic N) is 1. The first kappa shape index (κ1) is 12.3. The van der Waals surface area contributed by atoms with Gasteiger partial charge in [0.05, 0.1) is 12.5 Å². The van der Waals surface area contributed by atoms with E-state index in [1.165, 1.54) is 4.90 Å². The Bertz CT molecular complexity index is 242. The maximum atomic E-state index is 11.8. The van der Waals surface area contributed by atoms with Gasteiger partial charge in [0.1, 0.15) is 0 Å². The molecule has 1 atom stereocenters. The largest absolute Gasteiger partial charge is 0.481 e. The molecule has 0 aliphatic carbocycles. The van der Waals surface area contributed by atoms with Crippen LogP contribution in [0.4, 0.5) is 0 Å². The summed E-state index contributed by atoms with van der Waals surface area (Å²) in [7, 11) is 1.65. The quantitative estimate of drug-likeness (QED) is 0.692. The molecular formula is C9H16N2O3S. The van der Waals surface area contributed by atoms with E-state index in [2.05, 4.69) is 5.32 Å². The Hall–Kier alpha value is -0.750. The van der Waals surface area contributed by atoms with Crippen LogP contribution in [0.1, 0.15) is 6.42 Å². The summed E-state index contributed by atoms with van der Waals surface area (Å²) in [5.41, 5.74) is 0. The van der Waals surface area contributed by atoms with Gasteiger partial charge in [-0.05, 0) is 0 Å². The SMILES string of the molecule is CN(CCC(=O)O)C(=O)C1CSCCN1. The van der Waals surface area contributed by atoms with Crippen molar-refractivity contribution in [3.63, 3.8) is 0 Å². The molecule has 1 heterocycles. The first-order valence-electron chi connectivity index (χ1n) is 4.89. The third kappa shape index (κ3) is 4.09. The van der Waals surface area contributed by atoms with Gasteiger partial charge in [-0.1, -0.05) is 0 Å². The van der Waals surface area contributed by atoms with Crippen LogP contribution in [0, 0.1) is 0 Å². The van der Waals surface area contributed by atoms with Crippen LogP contribution in [0.2, 0.25) is 0 Å². The molecule has 0 spiro atoms. The van der Waals surface area contributed by atoms with Crippen LogP contribution in [0.25, 0.3) is 0 Å². The molecule has 0 aromatic carbocycles. The maximum Gasteiger partial charge on any atom is 0.305 e. The number of carbonyl (C=O) groups excluding carboxylic acids is 1. The molecule has 0 saturated carbocycles. The molecule has 1 rings (SSSR count). The van der Waals surface area contributed by atoms with Crippen molar-refractivity contribution in [1.82, 2.24) is 10.2 Å². The number of aliphatic carboxylic acids is 1. The lowest BCUT2D eigenvalue weighted by Gasteiger charge is -2.26. The highest BCUT2D eigenvalue weighted by Crippen LogP contribution is 2.09. The van der Waals surface area contributed by atoms with Crippen molar-refractivity contribution in [2.24, 2.45) is 0 Å². The van der Waals surface area contributed by atoms with E-state index in [0.717, 1.165) is 18.1 Å². The number of hydrogen-bond acceptors (Lipinski definition) is 4. The monoisotopic (exact) mass is 232 g/mol. The van der Waals surface area contributed by atoms with Crippen LogP contribution < -0.4 is 5.32 Å². The summed E-state index contributed by atoms with van der Waals surface area (Å²) in [5.74, 6) is 0.919. The molecule has 1 aliphatic rings. The van der Waals surface area contributed by atoms with Gasteiger partial charge in [-0.3, -0.25) is 9.59 Å². The van der Waals surface area contributed by atoms with Crippen molar-refractivity contribution in [2.75, 3.05) is 31.6 Å². The van der Waals surface area contributed by atoms with Crippen LogP contribution >= 0.6 is 11.8 Å². The smallest absolute Gasteiger partial charge is 0.305 e. The molecule has 1 amide bonds. The Labute approximate surface area is 93.2 Å². The summed E-state index contributed by atoms with van der Waals surface area (Å²) in [6, 6.07) is -0.150. The van der Waals surface area contributed by atoms with Crippen molar-refractivity contribution in [1.29, 1.82) is 0 Å². The molecule has 5 nitrogen and oxygen atoms in total. The second-order valence-electron chi connectivity index (χ2n) is 3.49. The van der Waals surface area contributed by atoms with Gasteiger partial charge < -0.3 is 15.3 Å². The van der Waals surface area contributed by atoms with E-state index in [9.17, 15) is 9.59 Å². The van der Waals surface area contributed by atoms with Crippen LogP contribution in [0.15, 0.2) is 0 Å². The molecule has 0 bridgehead atoms. The summed E-state index contributed by atoms with van der Waals surface area (Å²) in [5, 5.41) is 11.6. The number of thioether (sulfide) groups is 1. The van der Waals surface area contributed by atoms with Gasteiger partial charge in [-0.15, -0.1) is 0 Å². The molecule has 1 aliphatic heterocycles. The van der Waals surface area contributed by atoms with Crippen molar-refractivity contribution in [3.05, 3.63) is 0 Å². The van der Waals surface area contributed by atoms with E-state index < -0.39 is 5.97 Å². The van der Waals surface area contributed by atoms with Crippen LogP contribution in [-0.2, 0) is 9.59 Å². The zero-order valence-electron chi connectivity index (χ0n) is 8.73. The van der Waals surface area contributed by atoms with E-state index >= 15 is 0 Å². The first-order valence-corrected chi connectivity index (χ1v) is 6.04. The second-order valence-corrected chi connectivity index (χ2v) is 4.63. The molecule has 6 heteroatoms. The van der Waals surface area contributed by atoms with Crippen molar-refractivity contribution < 1.29 is 14.7 Å². The molecule has 2 N–H and O–H groups in total. The van der Waals surface area contributed by atoms with Crippen LogP contribution in [0.3, 0.4) is 0 Å². The Morgan fingerprint density at radius 2 is 2.33 bits per heavy atom. The minimum absolute atomic E-state index is 0.00209. The summed E-state index contributed by atoms with van der Waals surface area (Å²) in [6.07, 6.45) is 0.00209.